The number of benzene rings is 2. The number of aliphatic hydroxyl groups excluding tert-OH is 2. The number of phenols is 1. The van der Waals surface area contributed by atoms with Gasteiger partial charge < -0.3 is 26.0 Å². The van der Waals surface area contributed by atoms with Crippen LogP contribution in [0, 0.1) is 6.92 Å². The number of hydrogen-bond acceptors (Lipinski definition) is 8. The number of aromatic hydroxyl groups is 1. The molecule has 0 saturated carbocycles. The Morgan fingerprint density at radius 1 is 1.03 bits per heavy atom. The number of aryl methyl sites for hydroxylation is 1. The first kappa shape index (κ1) is 26.3. The van der Waals surface area contributed by atoms with Gasteiger partial charge in [0.2, 0.25) is 9.84 Å². The molecule has 0 bridgehead atoms. The van der Waals surface area contributed by atoms with Gasteiger partial charge in [0.15, 0.2) is 0 Å². The molecule has 1 amide bonds. The molecule has 186 valence electrons. The molecule has 0 saturated heterocycles. The Bertz CT molecular complexity index is 1250. The summed E-state index contributed by atoms with van der Waals surface area (Å²) < 4.78 is 26.1. The third kappa shape index (κ3) is 6.86. The number of sulfone groups is 1. The van der Waals surface area contributed by atoms with Crippen molar-refractivity contribution >= 4 is 15.7 Å². The van der Waals surface area contributed by atoms with Crippen LogP contribution in [-0.2, 0) is 16.3 Å². The van der Waals surface area contributed by atoms with Gasteiger partial charge in [0.05, 0.1) is 28.1 Å². The standard InChI is InChI=1S/C25H29N3O6S/c1-17-2-5-19(15-28-17)24(31)16-26-11-10-18-3-6-20(7-4-18)35(33,34)21-8-9-23(30)22(14-21)25(32)27-12-13-29/h2-9,14-15,24,26,29-31H,10-13,16H2,1H3,(H,27,32)/t24-/m0/s1. The molecule has 0 aliphatic heterocycles. The summed E-state index contributed by atoms with van der Waals surface area (Å²) in [7, 11) is -3.91. The molecule has 0 radical (unpaired) electrons. The lowest BCUT2D eigenvalue weighted by molar-refractivity contribution is 0.0942. The van der Waals surface area contributed by atoms with E-state index in [-0.39, 0.29) is 34.3 Å². The predicted molar refractivity (Wildman–Crippen MR) is 130 cm³/mol. The van der Waals surface area contributed by atoms with Crippen LogP contribution in [0.3, 0.4) is 0 Å². The molecule has 5 N–H and O–H groups in total. The Morgan fingerprint density at radius 2 is 1.74 bits per heavy atom. The normalized spacial score (nSPS) is 12.3. The molecule has 1 heterocycles. The van der Waals surface area contributed by atoms with Crippen LogP contribution in [0.2, 0.25) is 0 Å². The minimum absolute atomic E-state index is 0.0201. The SMILES string of the molecule is Cc1ccc([C@@H](O)CNCCc2ccc(S(=O)(=O)c3ccc(O)c(C(=O)NCCO)c3)cc2)cn1. The highest BCUT2D eigenvalue weighted by Gasteiger charge is 2.21. The zero-order valence-corrected chi connectivity index (χ0v) is 20.1. The van der Waals surface area contributed by atoms with Gasteiger partial charge in [-0.25, -0.2) is 8.42 Å². The molecule has 0 aliphatic rings. The number of hydrogen-bond donors (Lipinski definition) is 5. The quantitative estimate of drug-likeness (QED) is 0.249. The maximum atomic E-state index is 13.0. The maximum Gasteiger partial charge on any atom is 0.255 e. The van der Waals surface area contributed by atoms with Crippen molar-refractivity contribution in [2.75, 3.05) is 26.2 Å². The van der Waals surface area contributed by atoms with Gasteiger partial charge >= 0.3 is 0 Å². The van der Waals surface area contributed by atoms with E-state index >= 15 is 0 Å². The highest BCUT2D eigenvalue weighted by atomic mass is 32.2. The molecule has 35 heavy (non-hydrogen) atoms. The fourth-order valence-electron chi connectivity index (χ4n) is 3.37. The summed E-state index contributed by atoms with van der Waals surface area (Å²) in [6.07, 6.45) is 1.61. The lowest BCUT2D eigenvalue weighted by atomic mass is 10.1. The minimum Gasteiger partial charge on any atom is -0.507 e. The van der Waals surface area contributed by atoms with Gasteiger partial charge in [-0.3, -0.25) is 9.78 Å². The summed E-state index contributed by atoms with van der Waals surface area (Å²) in [6, 6.07) is 13.6. The first-order valence-corrected chi connectivity index (χ1v) is 12.6. The van der Waals surface area contributed by atoms with Crippen LogP contribution in [0.5, 0.6) is 5.75 Å². The number of pyridine rings is 1. The van der Waals surface area contributed by atoms with Gasteiger partial charge in [-0.15, -0.1) is 0 Å². The second-order valence-corrected chi connectivity index (χ2v) is 9.96. The monoisotopic (exact) mass is 499 g/mol. The number of aromatic nitrogens is 1. The molecular formula is C25H29N3O6S. The van der Waals surface area contributed by atoms with E-state index in [2.05, 4.69) is 15.6 Å². The molecule has 1 aromatic heterocycles. The van der Waals surface area contributed by atoms with E-state index in [9.17, 15) is 23.4 Å². The molecule has 2 aromatic carbocycles. The summed E-state index contributed by atoms with van der Waals surface area (Å²) >= 11 is 0. The first-order chi connectivity index (χ1) is 16.7. The number of carbonyl (C=O) groups is 1. The number of phenolic OH excluding ortho intramolecular Hbond substituents is 1. The van der Waals surface area contributed by atoms with Crippen molar-refractivity contribution in [2.45, 2.75) is 29.2 Å². The van der Waals surface area contributed by atoms with E-state index in [1.165, 1.54) is 18.2 Å². The third-order valence-corrected chi connectivity index (χ3v) is 7.17. The van der Waals surface area contributed by atoms with Gasteiger partial charge in [0.1, 0.15) is 5.75 Å². The third-order valence-electron chi connectivity index (χ3n) is 5.40. The van der Waals surface area contributed by atoms with E-state index in [0.717, 1.165) is 29.0 Å². The fraction of sp³-hybridized carbons (Fsp3) is 0.280. The fourth-order valence-corrected chi connectivity index (χ4v) is 4.65. The minimum atomic E-state index is -3.91. The van der Waals surface area contributed by atoms with E-state index in [1.54, 1.807) is 18.3 Å². The highest BCUT2D eigenvalue weighted by molar-refractivity contribution is 7.91. The molecule has 10 heteroatoms. The number of aliphatic hydroxyl groups is 2. The van der Waals surface area contributed by atoms with Crippen molar-refractivity contribution < 1.29 is 28.5 Å². The van der Waals surface area contributed by atoms with Gasteiger partial charge in [-0.05, 0) is 61.9 Å². The van der Waals surface area contributed by atoms with Crippen molar-refractivity contribution in [3.63, 3.8) is 0 Å². The van der Waals surface area contributed by atoms with Crippen LogP contribution in [0.25, 0.3) is 0 Å². The molecule has 3 rings (SSSR count). The predicted octanol–water partition coefficient (Wildman–Crippen LogP) is 1.52. The number of amides is 1. The van der Waals surface area contributed by atoms with E-state index in [1.807, 2.05) is 19.1 Å². The van der Waals surface area contributed by atoms with Crippen molar-refractivity contribution in [3.8, 4) is 5.75 Å². The van der Waals surface area contributed by atoms with Crippen molar-refractivity contribution in [1.29, 1.82) is 0 Å². The molecule has 0 spiro atoms. The van der Waals surface area contributed by atoms with Gasteiger partial charge in [-0.2, -0.15) is 0 Å². The van der Waals surface area contributed by atoms with Gasteiger partial charge in [0.25, 0.3) is 5.91 Å². The van der Waals surface area contributed by atoms with E-state index < -0.39 is 21.8 Å². The zero-order chi connectivity index (χ0) is 25.4. The average Bonchev–Trinajstić information content (AvgIpc) is 2.86. The smallest absolute Gasteiger partial charge is 0.255 e. The summed E-state index contributed by atoms with van der Waals surface area (Å²) in [5.41, 5.74) is 2.35. The van der Waals surface area contributed by atoms with Gasteiger partial charge in [-0.1, -0.05) is 18.2 Å². The van der Waals surface area contributed by atoms with Crippen LogP contribution in [0.15, 0.2) is 70.6 Å². The number of nitrogens with zero attached hydrogens (tertiary/aromatic N) is 1. The Morgan fingerprint density at radius 3 is 2.40 bits per heavy atom. The Hall–Kier alpha value is -3.31. The van der Waals surface area contributed by atoms with Crippen LogP contribution >= 0.6 is 0 Å². The van der Waals surface area contributed by atoms with Crippen LogP contribution in [0.1, 0.15) is 33.3 Å². The average molecular weight is 500 g/mol. The van der Waals surface area contributed by atoms with Crippen molar-refractivity contribution in [3.05, 3.63) is 83.2 Å². The molecule has 3 aromatic rings. The molecule has 0 fully saturated rings. The molecule has 9 nitrogen and oxygen atoms in total. The molecule has 0 aliphatic carbocycles. The number of rotatable bonds is 11. The number of carbonyl (C=O) groups excluding carboxylic acids is 1. The zero-order valence-electron chi connectivity index (χ0n) is 19.3. The van der Waals surface area contributed by atoms with Crippen LogP contribution < -0.4 is 10.6 Å². The summed E-state index contributed by atoms with van der Waals surface area (Å²) in [5.74, 6) is -1.04. The van der Waals surface area contributed by atoms with Crippen LogP contribution in [0.4, 0.5) is 0 Å². The Kier molecular flexibility index (Phi) is 8.94. The first-order valence-electron chi connectivity index (χ1n) is 11.1. The second-order valence-electron chi connectivity index (χ2n) is 8.01. The summed E-state index contributed by atoms with van der Waals surface area (Å²) in [6.45, 7) is 2.54. The number of nitrogens with one attached hydrogen (secondary N) is 2. The maximum absolute atomic E-state index is 13.0. The van der Waals surface area contributed by atoms with E-state index in [4.69, 9.17) is 5.11 Å². The lowest BCUT2D eigenvalue weighted by Crippen LogP contribution is -2.26. The lowest BCUT2D eigenvalue weighted by Gasteiger charge is -2.12. The molecule has 0 unspecified atom stereocenters. The van der Waals surface area contributed by atoms with Crippen molar-refractivity contribution in [2.24, 2.45) is 0 Å². The topological polar surface area (TPSA) is 149 Å². The van der Waals surface area contributed by atoms with E-state index in [0.29, 0.717) is 19.5 Å². The Balaban J connectivity index is 1.60. The van der Waals surface area contributed by atoms with Crippen molar-refractivity contribution in [1.82, 2.24) is 15.6 Å². The highest BCUT2D eigenvalue weighted by Crippen LogP contribution is 2.26. The molecule has 1 atom stereocenters. The van der Waals surface area contributed by atoms with Gasteiger partial charge in [0, 0.05) is 30.5 Å². The van der Waals surface area contributed by atoms with Crippen LogP contribution in [-0.4, -0.2) is 60.9 Å². The summed E-state index contributed by atoms with van der Waals surface area (Å²) in [4.78, 5) is 16.3. The summed E-state index contributed by atoms with van der Waals surface area (Å²) in [5, 5.41) is 34.6. The molecular weight excluding hydrogens is 470 g/mol. The second kappa shape index (κ2) is 11.9. The largest absolute Gasteiger partial charge is 0.507 e. The Labute approximate surface area is 204 Å².